The zero-order chi connectivity index (χ0) is 25.6. The van der Waals surface area contributed by atoms with E-state index < -0.39 is 34.3 Å². The summed E-state index contributed by atoms with van der Waals surface area (Å²) < 4.78 is 57.0. The monoisotopic (exact) mass is 502 g/mol. The third-order valence-corrected chi connectivity index (χ3v) is 7.12. The summed E-state index contributed by atoms with van der Waals surface area (Å²) >= 11 is 0. The van der Waals surface area contributed by atoms with E-state index in [0.717, 1.165) is 22.0 Å². The lowest BCUT2D eigenvalue weighted by Gasteiger charge is -2.25. The van der Waals surface area contributed by atoms with Crippen LogP contribution in [-0.2, 0) is 14.8 Å². The van der Waals surface area contributed by atoms with Gasteiger partial charge in [-0.25, -0.2) is 12.8 Å². The fourth-order valence-corrected chi connectivity index (χ4v) is 4.84. The maximum atomic E-state index is 13.5. The lowest BCUT2D eigenvalue weighted by atomic mass is 10.1. The quantitative estimate of drug-likeness (QED) is 0.452. The molecule has 3 aromatic rings. The Kier molecular flexibility index (Phi) is 8.18. The minimum atomic E-state index is -4.15. The molecule has 35 heavy (non-hydrogen) atoms. The number of benzene rings is 3. The van der Waals surface area contributed by atoms with Crippen LogP contribution in [0, 0.1) is 5.82 Å². The van der Waals surface area contributed by atoms with Gasteiger partial charge in [-0.1, -0.05) is 6.07 Å². The van der Waals surface area contributed by atoms with Gasteiger partial charge in [-0.05, 0) is 73.2 Å². The topological polar surface area (TPSA) is 94.2 Å². The van der Waals surface area contributed by atoms with E-state index in [0.29, 0.717) is 17.2 Å². The number of sulfonamides is 1. The molecule has 0 spiro atoms. The minimum Gasteiger partial charge on any atom is -0.497 e. The van der Waals surface area contributed by atoms with Crippen LogP contribution >= 0.6 is 0 Å². The van der Waals surface area contributed by atoms with Gasteiger partial charge in [-0.2, -0.15) is 0 Å². The Morgan fingerprint density at radius 3 is 2.11 bits per heavy atom. The van der Waals surface area contributed by atoms with Crippen molar-refractivity contribution < 1.29 is 31.8 Å². The van der Waals surface area contributed by atoms with Crippen molar-refractivity contribution >= 4 is 21.6 Å². The van der Waals surface area contributed by atoms with Crippen LogP contribution < -0.4 is 23.8 Å². The van der Waals surface area contributed by atoms with Gasteiger partial charge in [0.2, 0.25) is 5.91 Å². The van der Waals surface area contributed by atoms with Crippen molar-refractivity contribution in [3.8, 4) is 17.2 Å². The molecular formula is C25H27FN2O6S. The fourth-order valence-electron chi connectivity index (χ4n) is 3.42. The molecule has 0 aromatic heterocycles. The lowest BCUT2D eigenvalue weighted by Crippen LogP contribution is -2.41. The predicted molar refractivity (Wildman–Crippen MR) is 130 cm³/mol. The third-order valence-electron chi connectivity index (χ3n) is 5.33. The summed E-state index contributed by atoms with van der Waals surface area (Å²) in [7, 11) is 0.355. The molecular weight excluding hydrogens is 475 g/mol. The number of ether oxygens (including phenoxy) is 3. The van der Waals surface area contributed by atoms with Crippen LogP contribution in [0.4, 0.5) is 10.1 Å². The number of hydrogen-bond donors (Lipinski definition) is 1. The van der Waals surface area contributed by atoms with Gasteiger partial charge in [0.15, 0.2) is 11.5 Å². The summed E-state index contributed by atoms with van der Waals surface area (Å²) in [4.78, 5) is 12.9. The molecule has 0 aliphatic carbocycles. The van der Waals surface area contributed by atoms with Crippen molar-refractivity contribution in [2.45, 2.75) is 17.9 Å². The molecule has 1 amide bonds. The molecule has 186 valence electrons. The van der Waals surface area contributed by atoms with Crippen LogP contribution in [0.15, 0.2) is 71.6 Å². The van der Waals surface area contributed by atoms with Crippen LogP contribution in [0.25, 0.3) is 0 Å². The van der Waals surface area contributed by atoms with E-state index in [1.807, 2.05) is 0 Å². The smallest absolute Gasteiger partial charge is 0.264 e. The normalized spacial score (nSPS) is 11.9. The molecule has 0 fully saturated rings. The minimum absolute atomic E-state index is 0.0386. The van der Waals surface area contributed by atoms with Gasteiger partial charge in [0.1, 0.15) is 18.1 Å². The first-order valence-electron chi connectivity index (χ1n) is 10.6. The highest BCUT2D eigenvalue weighted by atomic mass is 32.2. The zero-order valence-electron chi connectivity index (χ0n) is 19.8. The zero-order valence-corrected chi connectivity index (χ0v) is 20.6. The highest BCUT2D eigenvalue weighted by Gasteiger charge is 2.28. The molecule has 0 aliphatic rings. The molecule has 0 saturated heterocycles. The Labute approximate surface area is 204 Å². The van der Waals surface area contributed by atoms with E-state index in [2.05, 4.69) is 5.32 Å². The molecule has 1 N–H and O–H groups in total. The first kappa shape index (κ1) is 25.8. The van der Waals surface area contributed by atoms with Crippen LogP contribution in [0.1, 0.15) is 18.5 Å². The van der Waals surface area contributed by atoms with Crippen molar-refractivity contribution in [1.29, 1.82) is 0 Å². The molecule has 0 radical (unpaired) electrons. The maximum absolute atomic E-state index is 13.5. The molecule has 1 atom stereocenters. The van der Waals surface area contributed by atoms with Gasteiger partial charge in [0.25, 0.3) is 10.0 Å². The number of hydrogen-bond acceptors (Lipinski definition) is 6. The molecule has 3 rings (SSSR count). The van der Waals surface area contributed by atoms with Gasteiger partial charge in [0, 0.05) is 0 Å². The number of carbonyl (C=O) groups is 1. The SMILES string of the molecule is COc1ccc(S(=O)(=O)N(CC(=O)N[C@@H](C)c2ccc(OC)c(OC)c2)c2ccc(F)cc2)cc1. The number of nitrogens with one attached hydrogen (secondary N) is 1. The molecule has 0 bridgehead atoms. The van der Waals surface area contributed by atoms with Crippen molar-refractivity contribution in [3.05, 3.63) is 78.1 Å². The van der Waals surface area contributed by atoms with E-state index in [1.54, 1.807) is 25.1 Å². The fraction of sp³-hybridized carbons (Fsp3) is 0.240. The molecule has 8 nitrogen and oxygen atoms in total. The number of carbonyl (C=O) groups excluding carboxylic acids is 1. The lowest BCUT2D eigenvalue weighted by molar-refractivity contribution is -0.120. The molecule has 0 heterocycles. The molecule has 0 unspecified atom stereocenters. The second kappa shape index (κ2) is 11.1. The van der Waals surface area contributed by atoms with Gasteiger partial charge >= 0.3 is 0 Å². The first-order valence-corrected chi connectivity index (χ1v) is 12.1. The first-order chi connectivity index (χ1) is 16.7. The van der Waals surface area contributed by atoms with Crippen molar-refractivity contribution in [2.24, 2.45) is 0 Å². The molecule has 0 saturated carbocycles. The summed E-state index contributed by atoms with van der Waals surface area (Å²) in [6, 6.07) is 15.4. The van der Waals surface area contributed by atoms with Crippen LogP contribution in [0.2, 0.25) is 0 Å². The number of nitrogens with zero attached hydrogens (tertiary/aromatic N) is 1. The summed E-state index contributed by atoms with van der Waals surface area (Å²) in [6.45, 7) is 1.25. The standard InChI is InChI=1S/C25H27FN2O6S/c1-17(18-5-14-23(33-3)24(15-18)34-4)27-25(29)16-28(20-8-6-19(26)7-9-20)35(30,31)22-12-10-21(32-2)11-13-22/h5-15,17H,16H2,1-4H3,(H,27,29)/t17-/m0/s1. The Bertz CT molecular complexity index is 1260. The average Bonchev–Trinajstić information content (AvgIpc) is 2.87. The third kappa shape index (κ3) is 6.02. The number of halogens is 1. The molecule has 0 aliphatic heterocycles. The van der Waals surface area contributed by atoms with E-state index >= 15 is 0 Å². The summed E-state index contributed by atoms with van der Waals surface area (Å²) in [6.07, 6.45) is 0. The number of methoxy groups -OCH3 is 3. The van der Waals surface area contributed by atoms with Gasteiger partial charge in [0.05, 0.1) is 38.0 Å². The maximum Gasteiger partial charge on any atom is 0.264 e. The predicted octanol–water partition coefficient (Wildman–Crippen LogP) is 3.92. The van der Waals surface area contributed by atoms with Crippen molar-refractivity contribution in [2.75, 3.05) is 32.2 Å². The van der Waals surface area contributed by atoms with Crippen molar-refractivity contribution in [3.63, 3.8) is 0 Å². The summed E-state index contributed by atoms with van der Waals surface area (Å²) in [5, 5.41) is 2.80. The second-order valence-corrected chi connectivity index (χ2v) is 9.43. The Morgan fingerprint density at radius 1 is 0.914 bits per heavy atom. The van der Waals surface area contributed by atoms with E-state index in [9.17, 15) is 17.6 Å². The Hall–Kier alpha value is -3.79. The van der Waals surface area contributed by atoms with Gasteiger partial charge < -0.3 is 19.5 Å². The van der Waals surface area contributed by atoms with Gasteiger partial charge in [-0.3, -0.25) is 9.10 Å². The highest BCUT2D eigenvalue weighted by Crippen LogP contribution is 2.30. The second-order valence-electron chi connectivity index (χ2n) is 7.57. The average molecular weight is 503 g/mol. The number of rotatable bonds is 10. The van der Waals surface area contributed by atoms with Crippen LogP contribution in [0.3, 0.4) is 0 Å². The molecule has 10 heteroatoms. The van der Waals surface area contributed by atoms with Crippen molar-refractivity contribution in [1.82, 2.24) is 5.32 Å². The number of amides is 1. The van der Waals surface area contributed by atoms with Crippen LogP contribution in [-0.4, -0.2) is 42.2 Å². The van der Waals surface area contributed by atoms with Crippen LogP contribution in [0.5, 0.6) is 17.2 Å². The van der Waals surface area contributed by atoms with E-state index in [4.69, 9.17) is 14.2 Å². The molecule has 3 aromatic carbocycles. The highest BCUT2D eigenvalue weighted by molar-refractivity contribution is 7.92. The summed E-state index contributed by atoms with van der Waals surface area (Å²) in [5.41, 5.74) is 0.887. The van der Waals surface area contributed by atoms with Gasteiger partial charge in [-0.15, -0.1) is 0 Å². The van der Waals surface area contributed by atoms with E-state index in [-0.39, 0.29) is 10.6 Å². The Morgan fingerprint density at radius 2 is 1.54 bits per heavy atom. The Balaban J connectivity index is 1.87. The summed E-state index contributed by atoms with van der Waals surface area (Å²) in [5.74, 6) is 0.457. The largest absolute Gasteiger partial charge is 0.497 e. The van der Waals surface area contributed by atoms with E-state index in [1.165, 1.54) is 57.7 Å². The number of anilines is 1.